The van der Waals surface area contributed by atoms with Crippen LogP contribution in [0, 0.1) is 13.8 Å². The Morgan fingerprint density at radius 1 is 0.970 bits per heavy atom. The van der Waals surface area contributed by atoms with E-state index in [1.807, 2.05) is 13.8 Å². The molecule has 0 saturated heterocycles. The number of nitrogens with zero attached hydrogens (tertiary/aromatic N) is 1. The van der Waals surface area contributed by atoms with E-state index in [4.69, 9.17) is 51.1 Å². The quantitative estimate of drug-likeness (QED) is 0.202. The molecule has 0 bridgehead atoms. The van der Waals surface area contributed by atoms with Gasteiger partial charge in [-0.3, -0.25) is 19.3 Å². The maximum absolute atomic E-state index is 12.8. The number of amides is 3. The Balaban J connectivity index is 1.71. The second-order valence-electron chi connectivity index (χ2n) is 7.24. The van der Waals surface area contributed by atoms with Crippen LogP contribution in [0.4, 0.5) is 5.69 Å². The largest absolute Gasteiger partial charge is 0.454 e. The van der Waals surface area contributed by atoms with E-state index < -0.39 is 36.3 Å². The number of halogens is 5. The fourth-order valence-electron chi connectivity index (χ4n) is 3.30. The number of imide groups is 1. The maximum Gasteiger partial charge on any atom is 0.329 e. The van der Waals surface area contributed by atoms with Crippen molar-refractivity contribution in [2.24, 2.45) is 0 Å². The molecule has 0 aliphatic carbocycles. The molecule has 2 aromatic rings. The van der Waals surface area contributed by atoms with Crippen LogP contribution in [-0.4, -0.2) is 41.2 Å². The van der Waals surface area contributed by atoms with Gasteiger partial charge in [0.2, 0.25) is 0 Å². The molecule has 2 aromatic carbocycles. The fraction of sp³-hybridized carbons (Fsp3) is 0.238. The van der Waals surface area contributed by atoms with Crippen molar-refractivity contribution in [2.45, 2.75) is 26.8 Å². The summed E-state index contributed by atoms with van der Waals surface area (Å²) in [5.41, 5.74) is 1.86. The molecule has 0 radical (unpaired) electrons. The molecule has 1 heterocycles. The molecule has 3 amide bonds. The van der Waals surface area contributed by atoms with Crippen molar-refractivity contribution in [2.75, 3.05) is 11.9 Å². The van der Waals surface area contributed by atoms with Crippen molar-refractivity contribution in [1.82, 2.24) is 4.90 Å². The summed E-state index contributed by atoms with van der Waals surface area (Å²) in [5, 5.41) is 1.76. The standard InChI is InChI=1S/C21H15BrCl4N2O5/c1-7-4-10(5-8(2)14(7)22)27-11(29)6-33-21(32)9(3)28-19(30)12-13(20(28)31)16(24)18(26)17(25)15(12)23/h4-5,9H,6H2,1-3H3,(H,27,29)/t9-/m0/s1. The third kappa shape index (κ3) is 4.72. The zero-order valence-corrected chi connectivity index (χ0v) is 21.9. The number of benzene rings is 2. The third-order valence-electron chi connectivity index (χ3n) is 4.93. The molecule has 0 spiro atoms. The maximum atomic E-state index is 12.8. The van der Waals surface area contributed by atoms with Gasteiger partial charge in [0.25, 0.3) is 17.7 Å². The van der Waals surface area contributed by atoms with E-state index in [1.165, 1.54) is 6.92 Å². The number of carbonyl (C=O) groups is 4. The number of hydrogen-bond acceptors (Lipinski definition) is 5. The van der Waals surface area contributed by atoms with Gasteiger partial charge in [-0.1, -0.05) is 62.3 Å². The van der Waals surface area contributed by atoms with Gasteiger partial charge in [-0.05, 0) is 44.0 Å². The molecule has 174 valence electrons. The van der Waals surface area contributed by atoms with Crippen LogP contribution < -0.4 is 5.32 Å². The Morgan fingerprint density at radius 2 is 1.42 bits per heavy atom. The molecule has 12 heteroatoms. The van der Waals surface area contributed by atoms with E-state index in [9.17, 15) is 19.2 Å². The number of carbonyl (C=O) groups excluding carboxylic acids is 4. The first kappa shape index (κ1) is 25.8. The summed E-state index contributed by atoms with van der Waals surface area (Å²) in [6, 6.07) is 2.14. The first-order valence-corrected chi connectivity index (χ1v) is 11.6. The van der Waals surface area contributed by atoms with E-state index in [1.54, 1.807) is 12.1 Å². The lowest BCUT2D eigenvalue weighted by molar-refractivity contribution is -0.150. The van der Waals surface area contributed by atoms with Crippen molar-refractivity contribution in [1.29, 1.82) is 0 Å². The number of anilines is 1. The van der Waals surface area contributed by atoms with Crippen LogP contribution in [-0.2, 0) is 14.3 Å². The lowest BCUT2D eigenvalue weighted by atomic mass is 10.1. The molecule has 0 aromatic heterocycles. The molecule has 1 aliphatic heterocycles. The Kier molecular flexibility index (Phi) is 7.65. The van der Waals surface area contributed by atoms with Crippen LogP contribution in [0.3, 0.4) is 0 Å². The molecule has 1 aliphatic rings. The normalized spacial score (nSPS) is 13.8. The first-order chi connectivity index (χ1) is 15.4. The van der Waals surface area contributed by atoms with Gasteiger partial charge in [0, 0.05) is 10.2 Å². The number of rotatable bonds is 5. The minimum Gasteiger partial charge on any atom is -0.454 e. The Bertz CT molecular complexity index is 1160. The summed E-state index contributed by atoms with van der Waals surface area (Å²) in [7, 11) is 0. The number of aryl methyl sites for hydroxylation is 2. The van der Waals surface area contributed by atoms with Gasteiger partial charge in [-0.2, -0.15) is 0 Å². The number of esters is 1. The minimum absolute atomic E-state index is 0.185. The van der Waals surface area contributed by atoms with Crippen molar-refractivity contribution in [3.8, 4) is 0 Å². The second kappa shape index (κ2) is 9.80. The van der Waals surface area contributed by atoms with Gasteiger partial charge in [0.05, 0.1) is 31.2 Å². The second-order valence-corrected chi connectivity index (χ2v) is 9.55. The molecule has 7 nitrogen and oxygen atoms in total. The van der Waals surface area contributed by atoms with Gasteiger partial charge >= 0.3 is 5.97 Å². The Labute approximate surface area is 217 Å². The molecule has 0 fully saturated rings. The average molecular weight is 597 g/mol. The van der Waals surface area contributed by atoms with E-state index in [0.717, 1.165) is 15.6 Å². The lowest BCUT2D eigenvalue weighted by Crippen LogP contribution is -2.44. The minimum atomic E-state index is -1.37. The van der Waals surface area contributed by atoms with Crippen LogP contribution in [0.5, 0.6) is 0 Å². The van der Waals surface area contributed by atoms with Crippen LogP contribution in [0.15, 0.2) is 16.6 Å². The van der Waals surface area contributed by atoms with Crippen molar-refractivity contribution < 1.29 is 23.9 Å². The third-order valence-corrected chi connectivity index (χ3v) is 7.98. The SMILES string of the molecule is Cc1cc(NC(=O)COC(=O)[C@H](C)N2C(=O)c3c(Cl)c(Cl)c(Cl)c(Cl)c3C2=O)cc(C)c1Br. The molecular weight excluding hydrogens is 582 g/mol. The number of nitrogens with one attached hydrogen (secondary N) is 1. The highest BCUT2D eigenvalue weighted by molar-refractivity contribution is 9.10. The van der Waals surface area contributed by atoms with Gasteiger partial charge in [0.1, 0.15) is 6.04 Å². The highest BCUT2D eigenvalue weighted by Crippen LogP contribution is 2.45. The molecule has 0 saturated carbocycles. The number of fused-ring (bicyclic) bond motifs is 1. The van der Waals surface area contributed by atoms with Crippen molar-refractivity contribution >= 4 is 91.7 Å². The predicted molar refractivity (Wildman–Crippen MR) is 130 cm³/mol. The van der Waals surface area contributed by atoms with Crippen LogP contribution in [0.1, 0.15) is 38.8 Å². The van der Waals surface area contributed by atoms with E-state index >= 15 is 0 Å². The zero-order chi connectivity index (χ0) is 24.8. The van der Waals surface area contributed by atoms with E-state index in [-0.39, 0.29) is 31.2 Å². The first-order valence-electron chi connectivity index (χ1n) is 9.33. The summed E-state index contributed by atoms with van der Waals surface area (Å²) in [6.07, 6.45) is 0. The topological polar surface area (TPSA) is 92.8 Å². The van der Waals surface area contributed by atoms with Crippen molar-refractivity contribution in [3.05, 3.63) is 58.9 Å². The number of hydrogen-bond donors (Lipinski definition) is 1. The smallest absolute Gasteiger partial charge is 0.329 e. The molecular formula is C21H15BrCl4N2O5. The van der Waals surface area contributed by atoms with Crippen molar-refractivity contribution in [3.63, 3.8) is 0 Å². The van der Waals surface area contributed by atoms with Gasteiger partial charge in [0.15, 0.2) is 6.61 Å². The fourth-order valence-corrected chi connectivity index (χ4v) is 4.54. The van der Waals surface area contributed by atoms with E-state index in [2.05, 4.69) is 21.2 Å². The highest BCUT2D eigenvalue weighted by Gasteiger charge is 2.45. The Hall–Kier alpha value is -1.84. The van der Waals surface area contributed by atoms with Crippen LogP contribution >= 0.6 is 62.3 Å². The monoisotopic (exact) mass is 594 g/mol. The summed E-state index contributed by atoms with van der Waals surface area (Å²) < 4.78 is 5.93. The highest BCUT2D eigenvalue weighted by atomic mass is 79.9. The van der Waals surface area contributed by atoms with Gasteiger partial charge in [-0.25, -0.2) is 4.79 Å². The summed E-state index contributed by atoms with van der Waals surface area (Å²) >= 11 is 27.6. The molecule has 1 atom stereocenters. The average Bonchev–Trinajstić information content (AvgIpc) is 3.02. The number of ether oxygens (including phenoxy) is 1. The molecule has 0 unspecified atom stereocenters. The summed E-state index contributed by atoms with van der Waals surface area (Å²) in [5.74, 6) is -3.33. The summed E-state index contributed by atoms with van der Waals surface area (Å²) in [4.78, 5) is 51.0. The zero-order valence-electron chi connectivity index (χ0n) is 17.3. The Morgan fingerprint density at radius 3 is 1.88 bits per heavy atom. The molecule has 3 rings (SSSR count). The lowest BCUT2D eigenvalue weighted by Gasteiger charge is -2.20. The van der Waals surface area contributed by atoms with Gasteiger partial charge < -0.3 is 10.1 Å². The van der Waals surface area contributed by atoms with Gasteiger partial charge in [-0.15, -0.1) is 0 Å². The van der Waals surface area contributed by atoms with E-state index in [0.29, 0.717) is 10.6 Å². The molecule has 33 heavy (non-hydrogen) atoms. The predicted octanol–water partition coefficient (Wildman–Crippen LogP) is 5.85. The summed E-state index contributed by atoms with van der Waals surface area (Å²) in [6.45, 7) is 4.39. The molecule has 1 N–H and O–H groups in total. The van der Waals surface area contributed by atoms with Crippen LogP contribution in [0.25, 0.3) is 0 Å². The van der Waals surface area contributed by atoms with Crippen LogP contribution in [0.2, 0.25) is 20.1 Å².